The fraction of sp³-hybridized carbons (Fsp3) is 0.520. The summed E-state index contributed by atoms with van der Waals surface area (Å²) in [4.78, 5) is 32.6. The van der Waals surface area contributed by atoms with E-state index in [1.807, 2.05) is 9.80 Å². The van der Waals surface area contributed by atoms with E-state index in [1.54, 1.807) is 18.3 Å². The molecular weight excluding hydrogens is 422 g/mol. The van der Waals surface area contributed by atoms with Gasteiger partial charge in [-0.3, -0.25) is 14.5 Å². The zero-order valence-electron chi connectivity index (χ0n) is 18.8. The second kappa shape index (κ2) is 9.24. The van der Waals surface area contributed by atoms with Gasteiger partial charge >= 0.3 is 0 Å². The van der Waals surface area contributed by atoms with E-state index < -0.39 is 0 Å². The molecular formula is C25H31N3O3S. The maximum atomic E-state index is 13.4. The summed E-state index contributed by atoms with van der Waals surface area (Å²) < 4.78 is 6.00. The van der Waals surface area contributed by atoms with E-state index in [-0.39, 0.29) is 11.8 Å². The molecule has 7 heteroatoms. The third-order valence-corrected chi connectivity index (χ3v) is 8.00. The van der Waals surface area contributed by atoms with Crippen LogP contribution in [-0.4, -0.2) is 65.8 Å². The zero-order chi connectivity index (χ0) is 22.1. The predicted octanol–water partition coefficient (Wildman–Crippen LogP) is 3.33. The monoisotopic (exact) mass is 453 g/mol. The van der Waals surface area contributed by atoms with Crippen LogP contribution >= 0.6 is 11.3 Å². The fourth-order valence-corrected chi connectivity index (χ4v) is 6.16. The molecule has 5 rings (SSSR count). The van der Waals surface area contributed by atoms with Gasteiger partial charge in [0.15, 0.2) is 0 Å². The number of hydrogen-bond acceptors (Lipinski definition) is 5. The Morgan fingerprint density at radius 2 is 1.84 bits per heavy atom. The average Bonchev–Trinajstić information content (AvgIpc) is 3.12. The molecule has 0 saturated carbocycles. The lowest BCUT2D eigenvalue weighted by Crippen LogP contribution is -2.47. The quantitative estimate of drug-likeness (QED) is 0.716. The van der Waals surface area contributed by atoms with Crippen LogP contribution in [0.5, 0.6) is 5.75 Å². The molecule has 0 bridgehead atoms. The van der Waals surface area contributed by atoms with Gasteiger partial charge in [0, 0.05) is 62.0 Å². The van der Waals surface area contributed by atoms with Gasteiger partial charge < -0.3 is 14.5 Å². The number of hydrogen-bond donors (Lipinski definition) is 0. The Morgan fingerprint density at radius 1 is 1.03 bits per heavy atom. The topological polar surface area (TPSA) is 53.1 Å². The molecule has 3 aliphatic rings. The van der Waals surface area contributed by atoms with Crippen molar-refractivity contribution in [3.8, 4) is 5.75 Å². The minimum Gasteiger partial charge on any atom is -0.491 e. The van der Waals surface area contributed by atoms with E-state index in [0.717, 1.165) is 62.4 Å². The summed E-state index contributed by atoms with van der Waals surface area (Å²) in [5.74, 6) is 1.19. The number of amides is 2. The standard InChI is InChI=1S/C25H31N3O3S/c1-18(29)27-10-8-26(9-11-27)15-19-6-7-23-20(14-19)16-28(12-13-31-23)25(30)22-17-32-24-5-3-2-4-21(22)24/h6-7,14,17H,2-5,8-13,15-16H2,1H3. The van der Waals surface area contributed by atoms with E-state index >= 15 is 0 Å². The fourth-order valence-electron chi connectivity index (χ4n) is 5.04. The lowest BCUT2D eigenvalue weighted by atomic mass is 9.95. The number of fused-ring (bicyclic) bond motifs is 2. The number of carbonyl (C=O) groups excluding carboxylic acids is 2. The lowest BCUT2D eigenvalue weighted by Gasteiger charge is -2.34. The smallest absolute Gasteiger partial charge is 0.255 e. The first-order valence-electron chi connectivity index (χ1n) is 11.7. The summed E-state index contributed by atoms with van der Waals surface area (Å²) >= 11 is 1.75. The minimum atomic E-state index is 0.145. The van der Waals surface area contributed by atoms with Crippen molar-refractivity contribution >= 4 is 23.2 Å². The number of ether oxygens (including phenoxy) is 1. The van der Waals surface area contributed by atoms with Gasteiger partial charge in [-0.15, -0.1) is 11.3 Å². The van der Waals surface area contributed by atoms with Crippen molar-refractivity contribution < 1.29 is 14.3 Å². The van der Waals surface area contributed by atoms with Crippen LogP contribution in [0.4, 0.5) is 0 Å². The normalized spacial score (nSPS) is 19.0. The molecule has 1 saturated heterocycles. The molecule has 0 spiro atoms. The summed E-state index contributed by atoms with van der Waals surface area (Å²) in [5.41, 5.74) is 4.51. The van der Waals surface area contributed by atoms with Crippen LogP contribution < -0.4 is 4.74 Å². The second-order valence-electron chi connectivity index (χ2n) is 9.06. The Kier molecular flexibility index (Phi) is 6.20. The van der Waals surface area contributed by atoms with Crippen molar-refractivity contribution in [3.63, 3.8) is 0 Å². The summed E-state index contributed by atoms with van der Waals surface area (Å²) in [6.07, 6.45) is 4.56. The maximum absolute atomic E-state index is 13.4. The molecule has 1 fully saturated rings. The van der Waals surface area contributed by atoms with E-state index in [2.05, 4.69) is 28.5 Å². The van der Waals surface area contributed by atoms with Gasteiger partial charge in [-0.1, -0.05) is 6.07 Å². The van der Waals surface area contributed by atoms with Gasteiger partial charge in [0.05, 0.1) is 12.1 Å². The van der Waals surface area contributed by atoms with E-state index in [0.29, 0.717) is 19.7 Å². The van der Waals surface area contributed by atoms with Gasteiger partial charge in [0.2, 0.25) is 5.91 Å². The third-order valence-electron chi connectivity index (χ3n) is 6.91. The van der Waals surface area contributed by atoms with Crippen molar-refractivity contribution in [2.45, 2.75) is 45.7 Å². The average molecular weight is 454 g/mol. The molecule has 6 nitrogen and oxygen atoms in total. The number of piperazine rings is 1. The Labute approximate surface area is 193 Å². The second-order valence-corrected chi connectivity index (χ2v) is 10.0. The highest BCUT2D eigenvalue weighted by molar-refractivity contribution is 7.10. The number of thiophene rings is 1. The summed E-state index contributed by atoms with van der Waals surface area (Å²) in [6, 6.07) is 6.38. The molecule has 3 heterocycles. The van der Waals surface area contributed by atoms with E-state index in [1.165, 1.54) is 28.8 Å². The largest absolute Gasteiger partial charge is 0.491 e. The molecule has 2 amide bonds. The molecule has 170 valence electrons. The highest BCUT2D eigenvalue weighted by Crippen LogP contribution is 2.32. The van der Waals surface area contributed by atoms with Crippen LogP contribution in [0.2, 0.25) is 0 Å². The van der Waals surface area contributed by atoms with Crippen LogP contribution in [-0.2, 0) is 30.7 Å². The molecule has 32 heavy (non-hydrogen) atoms. The molecule has 2 aromatic rings. The highest BCUT2D eigenvalue weighted by Gasteiger charge is 2.26. The van der Waals surface area contributed by atoms with E-state index in [4.69, 9.17) is 4.74 Å². The first-order valence-corrected chi connectivity index (χ1v) is 12.6. The Morgan fingerprint density at radius 3 is 2.66 bits per heavy atom. The first-order chi connectivity index (χ1) is 15.6. The molecule has 1 aliphatic carbocycles. The minimum absolute atomic E-state index is 0.145. The Hall–Kier alpha value is -2.38. The zero-order valence-corrected chi connectivity index (χ0v) is 19.6. The van der Waals surface area contributed by atoms with Crippen LogP contribution in [0.3, 0.4) is 0 Å². The van der Waals surface area contributed by atoms with Crippen LogP contribution in [0.1, 0.15) is 51.7 Å². The Balaban J connectivity index is 1.29. The Bertz CT molecular complexity index is 1010. The molecule has 2 aliphatic heterocycles. The third kappa shape index (κ3) is 4.41. The molecule has 0 radical (unpaired) electrons. The van der Waals surface area contributed by atoms with Gasteiger partial charge in [0.1, 0.15) is 12.4 Å². The summed E-state index contributed by atoms with van der Waals surface area (Å²) in [5, 5.41) is 2.07. The first kappa shape index (κ1) is 21.5. The van der Waals surface area contributed by atoms with Crippen molar-refractivity contribution in [2.24, 2.45) is 0 Å². The van der Waals surface area contributed by atoms with Crippen LogP contribution in [0.25, 0.3) is 0 Å². The van der Waals surface area contributed by atoms with E-state index in [9.17, 15) is 9.59 Å². The lowest BCUT2D eigenvalue weighted by molar-refractivity contribution is -0.130. The van der Waals surface area contributed by atoms with Gasteiger partial charge in [-0.25, -0.2) is 0 Å². The van der Waals surface area contributed by atoms with Crippen LogP contribution in [0.15, 0.2) is 23.6 Å². The molecule has 0 atom stereocenters. The molecule has 0 unspecified atom stereocenters. The molecule has 1 aromatic heterocycles. The SMILES string of the molecule is CC(=O)N1CCN(Cc2ccc3c(c2)CN(C(=O)c2csc4c2CCCC4)CCO3)CC1. The van der Waals surface area contributed by atoms with Crippen molar-refractivity contribution in [1.29, 1.82) is 0 Å². The highest BCUT2D eigenvalue weighted by atomic mass is 32.1. The number of aryl methyl sites for hydroxylation is 1. The predicted molar refractivity (Wildman–Crippen MR) is 125 cm³/mol. The van der Waals surface area contributed by atoms with Gasteiger partial charge in [-0.2, -0.15) is 0 Å². The molecule has 0 N–H and O–H groups in total. The molecule has 1 aromatic carbocycles. The summed E-state index contributed by atoms with van der Waals surface area (Å²) in [6.45, 7) is 7.57. The van der Waals surface area contributed by atoms with Gasteiger partial charge in [-0.05, 0) is 48.9 Å². The number of carbonyl (C=O) groups is 2. The number of nitrogens with zero attached hydrogens (tertiary/aromatic N) is 3. The van der Waals surface area contributed by atoms with Crippen molar-refractivity contribution in [2.75, 3.05) is 39.3 Å². The number of rotatable bonds is 3. The van der Waals surface area contributed by atoms with Gasteiger partial charge in [0.25, 0.3) is 5.91 Å². The maximum Gasteiger partial charge on any atom is 0.255 e. The van der Waals surface area contributed by atoms with Crippen LogP contribution in [0, 0.1) is 0 Å². The summed E-state index contributed by atoms with van der Waals surface area (Å²) in [7, 11) is 0. The van der Waals surface area contributed by atoms with Crippen molar-refractivity contribution in [1.82, 2.24) is 14.7 Å². The van der Waals surface area contributed by atoms with Crippen molar-refractivity contribution in [3.05, 3.63) is 50.7 Å². The number of benzene rings is 1.